The molecule has 1 aromatic heterocycles. The normalized spacial score (nSPS) is 11.0. The second kappa shape index (κ2) is 5.60. The minimum atomic E-state index is 0.408. The summed E-state index contributed by atoms with van der Waals surface area (Å²) in [4.78, 5) is 8.86. The van der Waals surface area contributed by atoms with E-state index < -0.39 is 0 Å². The van der Waals surface area contributed by atoms with Crippen molar-refractivity contribution in [3.05, 3.63) is 55.5 Å². The number of nitrogens with zero attached hydrogens (tertiary/aromatic N) is 2. The molecule has 0 radical (unpaired) electrons. The molecule has 0 N–H and O–H groups in total. The first-order chi connectivity index (χ1) is 9.54. The maximum Gasteiger partial charge on any atom is 0.162 e. The van der Waals surface area contributed by atoms with Gasteiger partial charge in [-0.2, -0.15) is 0 Å². The molecule has 6 heteroatoms. The van der Waals surface area contributed by atoms with Crippen molar-refractivity contribution >= 4 is 66.0 Å². The van der Waals surface area contributed by atoms with E-state index in [9.17, 15) is 0 Å². The number of rotatable bonds is 1. The smallest absolute Gasteiger partial charge is 0.162 e. The van der Waals surface area contributed by atoms with Gasteiger partial charge in [0.15, 0.2) is 5.82 Å². The molecule has 0 fully saturated rings. The molecule has 100 valence electrons. The second-order valence-corrected chi connectivity index (χ2v) is 6.72. The van der Waals surface area contributed by atoms with E-state index in [0.717, 1.165) is 25.4 Å². The Balaban J connectivity index is 2.24. The molecule has 0 aliphatic rings. The van der Waals surface area contributed by atoms with Gasteiger partial charge in [-0.05, 0) is 36.4 Å². The third-order valence-electron chi connectivity index (χ3n) is 2.78. The van der Waals surface area contributed by atoms with Crippen molar-refractivity contribution in [2.75, 3.05) is 0 Å². The van der Waals surface area contributed by atoms with Crippen LogP contribution in [0.1, 0.15) is 0 Å². The molecule has 0 aliphatic carbocycles. The summed E-state index contributed by atoms with van der Waals surface area (Å²) >= 11 is 19.3. The molecule has 3 rings (SSSR count). The maximum absolute atomic E-state index is 6.24. The van der Waals surface area contributed by atoms with Gasteiger partial charge in [-0.3, -0.25) is 0 Å². The van der Waals surface area contributed by atoms with Gasteiger partial charge in [-0.15, -0.1) is 0 Å². The van der Waals surface area contributed by atoms with Gasteiger partial charge in [-0.25, -0.2) is 9.97 Å². The van der Waals surface area contributed by atoms with E-state index in [1.165, 1.54) is 0 Å². The van der Waals surface area contributed by atoms with Crippen molar-refractivity contribution in [2.45, 2.75) is 0 Å². The van der Waals surface area contributed by atoms with Gasteiger partial charge < -0.3 is 0 Å². The van der Waals surface area contributed by atoms with Crippen molar-refractivity contribution < 1.29 is 0 Å². The highest BCUT2D eigenvalue weighted by Gasteiger charge is 2.11. The van der Waals surface area contributed by atoms with Crippen molar-refractivity contribution in [3.8, 4) is 11.4 Å². The van der Waals surface area contributed by atoms with Crippen LogP contribution < -0.4 is 0 Å². The number of hydrogen-bond acceptors (Lipinski definition) is 2. The number of hydrogen-bond donors (Lipinski definition) is 0. The van der Waals surface area contributed by atoms with E-state index in [2.05, 4.69) is 41.8 Å². The number of aromatic nitrogens is 2. The Labute approximate surface area is 142 Å². The lowest BCUT2D eigenvalue weighted by Gasteiger charge is -2.07. The van der Waals surface area contributed by atoms with Gasteiger partial charge in [0.2, 0.25) is 0 Å². The van der Waals surface area contributed by atoms with Crippen LogP contribution in [0, 0.1) is 0 Å². The zero-order valence-corrected chi connectivity index (χ0v) is 14.6. The van der Waals surface area contributed by atoms with Crippen molar-refractivity contribution in [1.82, 2.24) is 9.97 Å². The molecule has 0 atom stereocenters. The molecule has 0 aliphatic heterocycles. The minimum absolute atomic E-state index is 0.408. The lowest BCUT2D eigenvalue weighted by atomic mass is 10.2. The Morgan fingerprint density at radius 2 is 1.55 bits per heavy atom. The molecule has 1 heterocycles. The molecule has 2 nitrogen and oxygen atoms in total. The van der Waals surface area contributed by atoms with Crippen molar-refractivity contribution in [1.29, 1.82) is 0 Å². The summed E-state index contributed by atoms with van der Waals surface area (Å²) in [6, 6.07) is 11.3. The van der Waals surface area contributed by atoms with Crippen LogP contribution in [-0.4, -0.2) is 9.97 Å². The summed E-state index contributed by atoms with van der Waals surface area (Å²) in [5, 5.41) is 1.79. The highest BCUT2D eigenvalue weighted by Crippen LogP contribution is 2.31. The predicted molar refractivity (Wildman–Crippen MR) is 90.4 cm³/mol. The molecule has 20 heavy (non-hydrogen) atoms. The Morgan fingerprint density at radius 1 is 0.850 bits per heavy atom. The van der Waals surface area contributed by atoms with Gasteiger partial charge in [0, 0.05) is 19.9 Å². The van der Waals surface area contributed by atoms with Gasteiger partial charge >= 0.3 is 0 Å². The predicted octanol–water partition coefficient (Wildman–Crippen LogP) is 6.13. The third kappa shape index (κ3) is 2.70. The van der Waals surface area contributed by atoms with Crippen LogP contribution in [0.5, 0.6) is 0 Å². The Bertz CT molecular complexity index is 822. The number of halogens is 4. The lowest BCUT2D eigenvalue weighted by Crippen LogP contribution is -1.92. The summed E-state index contributed by atoms with van der Waals surface area (Å²) in [5.41, 5.74) is 1.53. The Kier molecular flexibility index (Phi) is 4.00. The SMILES string of the molecule is Clc1cc(Br)ccc1-c1nc(Cl)c2cc(Br)ccc2n1. The molecule has 0 bridgehead atoms. The van der Waals surface area contributed by atoms with Crippen LogP contribution in [0.25, 0.3) is 22.3 Å². The molecular weight excluding hydrogens is 427 g/mol. The third-order valence-corrected chi connectivity index (χ3v) is 4.37. The monoisotopic (exact) mass is 430 g/mol. The standard InChI is InChI=1S/C14H6Br2Cl2N2/c15-7-2-4-12-10(5-7)13(18)20-14(19-12)9-3-1-8(16)6-11(9)17/h1-6H. The van der Waals surface area contributed by atoms with Gasteiger partial charge in [-0.1, -0.05) is 55.1 Å². The van der Waals surface area contributed by atoms with E-state index in [1.54, 1.807) is 6.07 Å². The van der Waals surface area contributed by atoms with Gasteiger partial charge in [0.05, 0.1) is 10.5 Å². The van der Waals surface area contributed by atoms with Crippen LogP contribution in [0.2, 0.25) is 10.2 Å². The molecule has 0 saturated carbocycles. The van der Waals surface area contributed by atoms with E-state index in [-0.39, 0.29) is 0 Å². The summed E-state index contributed by atoms with van der Waals surface area (Å²) in [5.74, 6) is 0.516. The van der Waals surface area contributed by atoms with Gasteiger partial charge in [0.1, 0.15) is 5.15 Å². The first-order valence-corrected chi connectivity index (χ1v) is 7.97. The van der Waals surface area contributed by atoms with Crippen LogP contribution in [0.15, 0.2) is 45.3 Å². The second-order valence-electron chi connectivity index (χ2n) is 4.12. The highest BCUT2D eigenvalue weighted by atomic mass is 79.9. The topological polar surface area (TPSA) is 25.8 Å². The largest absolute Gasteiger partial charge is 0.228 e. The highest BCUT2D eigenvalue weighted by molar-refractivity contribution is 9.10. The van der Waals surface area contributed by atoms with Gasteiger partial charge in [0.25, 0.3) is 0 Å². The number of fused-ring (bicyclic) bond motifs is 1. The molecule has 0 amide bonds. The van der Waals surface area contributed by atoms with Crippen LogP contribution in [-0.2, 0) is 0 Å². The molecule has 0 spiro atoms. The van der Waals surface area contributed by atoms with E-state index >= 15 is 0 Å². The average molecular weight is 433 g/mol. The summed E-state index contributed by atoms with van der Waals surface area (Å²) in [7, 11) is 0. The fraction of sp³-hybridized carbons (Fsp3) is 0. The average Bonchev–Trinajstić information content (AvgIpc) is 2.39. The molecule has 0 saturated heterocycles. The Morgan fingerprint density at radius 3 is 2.30 bits per heavy atom. The lowest BCUT2D eigenvalue weighted by molar-refractivity contribution is 1.22. The molecule has 2 aromatic carbocycles. The van der Waals surface area contributed by atoms with E-state index in [0.29, 0.717) is 16.0 Å². The summed E-state index contributed by atoms with van der Waals surface area (Å²) in [6.45, 7) is 0. The first kappa shape index (κ1) is 14.3. The molecule has 3 aromatic rings. The van der Waals surface area contributed by atoms with Crippen molar-refractivity contribution in [3.63, 3.8) is 0 Å². The molecule has 0 unspecified atom stereocenters. The minimum Gasteiger partial charge on any atom is -0.228 e. The summed E-state index contributed by atoms with van der Waals surface area (Å²) < 4.78 is 1.84. The first-order valence-electron chi connectivity index (χ1n) is 5.63. The zero-order chi connectivity index (χ0) is 14.3. The van der Waals surface area contributed by atoms with Crippen molar-refractivity contribution in [2.24, 2.45) is 0 Å². The van der Waals surface area contributed by atoms with E-state index in [4.69, 9.17) is 23.2 Å². The fourth-order valence-corrected chi connectivity index (χ4v) is 3.21. The fourth-order valence-electron chi connectivity index (χ4n) is 1.85. The zero-order valence-electron chi connectivity index (χ0n) is 9.87. The molecular formula is C14H6Br2Cl2N2. The van der Waals surface area contributed by atoms with E-state index in [1.807, 2.05) is 30.3 Å². The quantitative estimate of drug-likeness (QED) is 0.432. The van der Waals surface area contributed by atoms with Crippen LogP contribution in [0.4, 0.5) is 0 Å². The van der Waals surface area contributed by atoms with Crippen LogP contribution in [0.3, 0.4) is 0 Å². The Hall–Kier alpha value is -0.680. The number of benzene rings is 2. The summed E-state index contributed by atoms with van der Waals surface area (Å²) in [6.07, 6.45) is 0. The maximum atomic E-state index is 6.24. The van der Waals surface area contributed by atoms with Crippen LogP contribution >= 0.6 is 55.1 Å².